The highest BCUT2D eigenvalue weighted by atomic mass is 127. The third-order valence-corrected chi connectivity index (χ3v) is 4.36. The van der Waals surface area contributed by atoms with Crippen LogP contribution in [0.2, 0.25) is 0 Å². The quantitative estimate of drug-likeness (QED) is 0.172. The molecule has 2 N–H and O–H groups in total. The Kier molecular flexibility index (Phi) is 18.5. The molecule has 156 valence electrons. The zero-order chi connectivity index (χ0) is 18.9. The molecule has 0 aliphatic carbocycles. The van der Waals surface area contributed by atoms with Crippen LogP contribution in [0.3, 0.4) is 0 Å². The number of aliphatic imine (C=N–C) groups is 1. The number of ether oxygens (including phenoxy) is 2. The average Bonchev–Trinajstić information content (AvgIpc) is 2.66. The average molecular weight is 509 g/mol. The van der Waals surface area contributed by atoms with E-state index in [0.717, 1.165) is 25.7 Å². The van der Waals surface area contributed by atoms with Gasteiger partial charge in [0.25, 0.3) is 0 Å². The molecule has 0 spiro atoms. The third-order valence-electron chi connectivity index (χ3n) is 3.67. The minimum Gasteiger partial charge on any atom is -0.379 e. The Morgan fingerprint density at radius 2 is 1.85 bits per heavy atom. The predicted molar refractivity (Wildman–Crippen MR) is 128 cm³/mol. The highest BCUT2D eigenvalue weighted by Gasteiger charge is 2.00. The maximum atomic E-state index is 5.64. The van der Waals surface area contributed by atoms with Crippen molar-refractivity contribution in [3.05, 3.63) is 35.4 Å². The Labute approximate surface area is 186 Å². The van der Waals surface area contributed by atoms with Crippen LogP contribution in [-0.4, -0.2) is 50.9 Å². The number of nitrogens with zero attached hydrogens (tertiary/aromatic N) is 1. The first-order chi connectivity index (χ1) is 12.8. The van der Waals surface area contributed by atoms with E-state index >= 15 is 0 Å². The molecule has 0 bridgehead atoms. The SMILES string of the molecule is CCNC(=NCc1cccc(COCCOCC)c1)NCCCCSC.I. The van der Waals surface area contributed by atoms with E-state index in [1.54, 1.807) is 0 Å². The minimum absolute atomic E-state index is 0. The largest absolute Gasteiger partial charge is 0.379 e. The molecule has 0 unspecified atom stereocenters. The summed E-state index contributed by atoms with van der Waals surface area (Å²) in [5, 5.41) is 6.72. The smallest absolute Gasteiger partial charge is 0.191 e. The molecule has 0 aromatic heterocycles. The van der Waals surface area contributed by atoms with Gasteiger partial charge >= 0.3 is 0 Å². The van der Waals surface area contributed by atoms with Gasteiger partial charge in [-0.25, -0.2) is 4.99 Å². The maximum Gasteiger partial charge on any atom is 0.191 e. The Morgan fingerprint density at radius 1 is 1.07 bits per heavy atom. The summed E-state index contributed by atoms with van der Waals surface area (Å²) < 4.78 is 10.9. The van der Waals surface area contributed by atoms with E-state index in [4.69, 9.17) is 14.5 Å². The van der Waals surface area contributed by atoms with Crippen molar-refractivity contribution in [3.8, 4) is 0 Å². The topological polar surface area (TPSA) is 54.9 Å². The van der Waals surface area contributed by atoms with Crippen molar-refractivity contribution >= 4 is 41.7 Å². The second-order valence-corrected chi connectivity index (χ2v) is 6.88. The lowest BCUT2D eigenvalue weighted by molar-refractivity contribution is 0.0453. The first-order valence-corrected chi connectivity index (χ1v) is 10.9. The van der Waals surface area contributed by atoms with Crippen LogP contribution in [0, 0.1) is 0 Å². The molecule has 0 aliphatic heterocycles. The number of rotatable bonds is 14. The number of thioether (sulfide) groups is 1. The highest BCUT2D eigenvalue weighted by molar-refractivity contribution is 14.0. The molecule has 7 heteroatoms. The van der Waals surface area contributed by atoms with E-state index < -0.39 is 0 Å². The molecule has 5 nitrogen and oxygen atoms in total. The number of hydrogen-bond acceptors (Lipinski definition) is 4. The van der Waals surface area contributed by atoms with Gasteiger partial charge in [-0.15, -0.1) is 24.0 Å². The minimum atomic E-state index is 0. The second kappa shape index (κ2) is 18.8. The van der Waals surface area contributed by atoms with Crippen molar-refractivity contribution in [1.82, 2.24) is 10.6 Å². The summed E-state index contributed by atoms with van der Waals surface area (Å²) in [4.78, 5) is 4.69. The van der Waals surface area contributed by atoms with Gasteiger partial charge in [-0.2, -0.15) is 11.8 Å². The number of guanidine groups is 1. The van der Waals surface area contributed by atoms with Gasteiger partial charge in [-0.05, 0) is 49.8 Å². The summed E-state index contributed by atoms with van der Waals surface area (Å²) in [6.45, 7) is 9.18. The van der Waals surface area contributed by atoms with Crippen LogP contribution >= 0.6 is 35.7 Å². The molecule has 0 saturated heterocycles. The first-order valence-electron chi connectivity index (χ1n) is 9.54. The van der Waals surface area contributed by atoms with Crippen LogP contribution in [0.5, 0.6) is 0 Å². The van der Waals surface area contributed by atoms with E-state index in [0.29, 0.717) is 26.4 Å². The van der Waals surface area contributed by atoms with Crippen LogP contribution in [0.4, 0.5) is 0 Å². The molecular weight excluding hydrogens is 473 g/mol. The lowest BCUT2D eigenvalue weighted by atomic mass is 10.1. The zero-order valence-corrected chi connectivity index (χ0v) is 20.1. The standard InChI is InChI=1S/C20H35N3O2S.HI/c1-4-21-20(22-11-6-7-14-26-3)23-16-18-9-8-10-19(15-18)17-25-13-12-24-5-2;/h8-10,15H,4-7,11-14,16-17H2,1-3H3,(H2,21,22,23);1H. The van der Waals surface area contributed by atoms with Crippen molar-refractivity contribution in [2.75, 3.05) is 44.9 Å². The van der Waals surface area contributed by atoms with E-state index in [2.05, 4.69) is 48.1 Å². The summed E-state index contributed by atoms with van der Waals surface area (Å²) in [7, 11) is 0. The number of unbranched alkanes of at least 4 members (excludes halogenated alkanes) is 1. The fraction of sp³-hybridized carbons (Fsp3) is 0.650. The Hall–Kier alpha value is -0.510. The van der Waals surface area contributed by atoms with Crippen LogP contribution in [-0.2, 0) is 22.6 Å². The number of hydrogen-bond donors (Lipinski definition) is 2. The lowest BCUT2D eigenvalue weighted by Gasteiger charge is -2.11. The molecule has 1 aromatic rings. The molecule has 0 atom stereocenters. The number of halogens is 1. The molecule has 1 rings (SSSR count). The van der Waals surface area contributed by atoms with Gasteiger partial charge in [0.2, 0.25) is 0 Å². The monoisotopic (exact) mass is 509 g/mol. The lowest BCUT2D eigenvalue weighted by Crippen LogP contribution is -2.37. The van der Waals surface area contributed by atoms with E-state index in [-0.39, 0.29) is 24.0 Å². The molecule has 0 radical (unpaired) electrons. The van der Waals surface area contributed by atoms with Gasteiger partial charge in [-0.1, -0.05) is 24.3 Å². The summed E-state index contributed by atoms with van der Waals surface area (Å²) in [5.41, 5.74) is 2.36. The van der Waals surface area contributed by atoms with E-state index in [9.17, 15) is 0 Å². The molecule has 0 amide bonds. The molecule has 0 saturated carbocycles. The fourth-order valence-electron chi connectivity index (χ4n) is 2.36. The molecular formula is C20H36IN3O2S. The van der Waals surface area contributed by atoms with E-state index in [1.807, 2.05) is 18.7 Å². The van der Waals surface area contributed by atoms with Gasteiger partial charge < -0.3 is 20.1 Å². The Balaban J connectivity index is 0.00000676. The van der Waals surface area contributed by atoms with Crippen LogP contribution in [0.1, 0.15) is 37.8 Å². The van der Waals surface area contributed by atoms with Gasteiger partial charge in [0.15, 0.2) is 5.96 Å². The normalized spacial score (nSPS) is 11.1. The molecule has 1 aromatic carbocycles. The number of benzene rings is 1. The third kappa shape index (κ3) is 14.2. The highest BCUT2D eigenvalue weighted by Crippen LogP contribution is 2.08. The van der Waals surface area contributed by atoms with Crippen LogP contribution < -0.4 is 10.6 Å². The molecule has 0 aliphatic rings. The van der Waals surface area contributed by atoms with Gasteiger partial charge in [-0.3, -0.25) is 0 Å². The zero-order valence-electron chi connectivity index (χ0n) is 17.0. The van der Waals surface area contributed by atoms with Crippen molar-refractivity contribution in [1.29, 1.82) is 0 Å². The summed E-state index contributed by atoms with van der Waals surface area (Å²) >= 11 is 1.90. The van der Waals surface area contributed by atoms with Gasteiger partial charge in [0.1, 0.15) is 0 Å². The second-order valence-electron chi connectivity index (χ2n) is 5.89. The Bertz CT molecular complexity index is 504. The van der Waals surface area contributed by atoms with Crippen molar-refractivity contribution < 1.29 is 9.47 Å². The van der Waals surface area contributed by atoms with Crippen LogP contribution in [0.25, 0.3) is 0 Å². The number of nitrogens with one attached hydrogen (secondary N) is 2. The predicted octanol–water partition coefficient (Wildman–Crippen LogP) is 4.06. The van der Waals surface area contributed by atoms with Gasteiger partial charge in [0, 0.05) is 19.7 Å². The van der Waals surface area contributed by atoms with Crippen molar-refractivity contribution in [2.45, 2.75) is 39.8 Å². The maximum absolute atomic E-state index is 5.64. The first kappa shape index (κ1) is 26.5. The molecule has 0 heterocycles. The van der Waals surface area contributed by atoms with Crippen molar-refractivity contribution in [3.63, 3.8) is 0 Å². The molecule has 0 fully saturated rings. The summed E-state index contributed by atoms with van der Waals surface area (Å²) in [6.07, 6.45) is 4.55. The summed E-state index contributed by atoms with van der Waals surface area (Å²) in [5.74, 6) is 2.10. The molecule has 27 heavy (non-hydrogen) atoms. The van der Waals surface area contributed by atoms with Crippen molar-refractivity contribution in [2.24, 2.45) is 4.99 Å². The Morgan fingerprint density at radius 3 is 2.59 bits per heavy atom. The van der Waals surface area contributed by atoms with Crippen LogP contribution in [0.15, 0.2) is 29.3 Å². The summed E-state index contributed by atoms with van der Waals surface area (Å²) in [6, 6.07) is 8.42. The fourth-order valence-corrected chi connectivity index (χ4v) is 2.85. The van der Waals surface area contributed by atoms with E-state index in [1.165, 1.54) is 29.7 Å². The van der Waals surface area contributed by atoms with Gasteiger partial charge in [0.05, 0.1) is 26.4 Å².